The van der Waals surface area contributed by atoms with Crippen LogP contribution >= 0.6 is 0 Å². The number of carboxylic acids is 1. The number of nitrogens with zero attached hydrogens (tertiary/aromatic N) is 1. The Kier molecular flexibility index (Phi) is 5.11. The quantitative estimate of drug-likeness (QED) is 0.756. The summed E-state index contributed by atoms with van der Waals surface area (Å²) < 4.78 is 0. The van der Waals surface area contributed by atoms with Crippen molar-refractivity contribution in [1.82, 2.24) is 10.2 Å². The van der Waals surface area contributed by atoms with Crippen LogP contribution in [0.25, 0.3) is 0 Å². The lowest BCUT2D eigenvalue weighted by molar-refractivity contribution is -0.147. The van der Waals surface area contributed by atoms with Crippen LogP contribution in [0.15, 0.2) is 24.3 Å². The summed E-state index contributed by atoms with van der Waals surface area (Å²) in [7, 11) is 0. The second kappa shape index (κ2) is 6.90. The number of benzene rings is 1. The van der Waals surface area contributed by atoms with Gasteiger partial charge in [0.15, 0.2) is 0 Å². The van der Waals surface area contributed by atoms with E-state index in [0.717, 1.165) is 11.1 Å². The molecule has 1 saturated heterocycles. The van der Waals surface area contributed by atoms with Crippen LogP contribution < -0.4 is 11.1 Å². The molecule has 7 heteroatoms. The molecule has 1 aromatic carbocycles. The van der Waals surface area contributed by atoms with E-state index in [1.807, 2.05) is 31.2 Å². The fourth-order valence-corrected chi connectivity index (χ4v) is 3.04. The Labute approximate surface area is 140 Å². The first kappa shape index (κ1) is 17.8. The van der Waals surface area contributed by atoms with Crippen LogP contribution in [0, 0.1) is 12.3 Å². The van der Waals surface area contributed by atoms with Crippen molar-refractivity contribution in [3.63, 3.8) is 0 Å². The molecule has 0 aliphatic carbocycles. The first-order valence-electron chi connectivity index (χ1n) is 7.85. The molecule has 1 aliphatic heterocycles. The topological polar surface area (TPSA) is 113 Å². The maximum atomic E-state index is 12.6. The van der Waals surface area contributed by atoms with Crippen LogP contribution in [0.3, 0.4) is 0 Å². The van der Waals surface area contributed by atoms with E-state index < -0.39 is 23.5 Å². The SMILES string of the molecule is Cc1ccccc1C(CC(=O)N1CCC(C)(C(=O)O)C1)NC(N)=O. The van der Waals surface area contributed by atoms with Gasteiger partial charge in [-0.1, -0.05) is 24.3 Å². The van der Waals surface area contributed by atoms with E-state index in [2.05, 4.69) is 5.32 Å². The number of urea groups is 1. The molecule has 0 saturated carbocycles. The largest absolute Gasteiger partial charge is 0.481 e. The highest BCUT2D eigenvalue weighted by molar-refractivity contribution is 5.82. The third-order valence-electron chi connectivity index (χ3n) is 4.60. The molecule has 130 valence electrons. The monoisotopic (exact) mass is 333 g/mol. The van der Waals surface area contributed by atoms with Crippen LogP contribution in [-0.4, -0.2) is 41.0 Å². The number of hydrogen-bond donors (Lipinski definition) is 3. The number of carbonyl (C=O) groups excluding carboxylic acids is 2. The van der Waals surface area contributed by atoms with Crippen molar-refractivity contribution in [2.24, 2.45) is 11.1 Å². The zero-order valence-electron chi connectivity index (χ0n) is 13.9. The lowest BCUT2D eigenvalue weighted by Gasteiger charge is -2.24. The third-order valence-corrected chi connectivity index (χ3v) is 4.60. The molecule has 1 heterocycles. The number of hydrogen-bond acceptors (Lipinski definition) is 3. The number of primary amides is 1. The number of carboxylic acid groups (broad SMARTS) is 1. The molecule has 1 fully saturated rings. The average Bonchev–Trinajstić information content (AvgIpc) is 2.91. The van der Waals surface area contributed by atoms with Crippen LogP contribution in [0.4, 0.5) is 4.79 Å². The van der Waals surface area contributed by atoms with Crippen LogP contribution in [0.5, 0.6) is 0 Å². The second-order valence-corrected chi connectivity index (χ2v) is 6.55. The Morgan fingerprint density at radius 1 is 1.38 bits per heavy atom. The maximum absolute atomic E-state index is 12.6. The van der Waals surface area contributed by atoms with Gasteiger partial charge in [0.2, 0.25) is 5.91 Å². The number of aliphatic carboxylic acids is 1. The summed E-state index contributed by atoms with van der Waals surface area (Å²) in [5, 5.41) is 11.9. The minimum absolute atomic E-state index is 0.0451. The van der Waals surface area contributed by atoms with Gasteiger partial charge in [0.1, 0.15) is 0 Å². The Balaban J connectivity index is 2.13. The summed E-state index contributed by atoms with van der Waals surface area (Å²) in [4.78, 5) is 36.7. The minimum atomic E-state index is -0.912. The smallest absolute Gasteiger partial charge is 0.312 e. The van der Waals surface area contributed by atoms with Gasteiger partial charge < -0.3 is 21.1 Å². The first-order valence-corrected chi connectivity index (χ1v) is 7.85. The second-order valence-electron chi connectivity index (χ2n) is 6.55. The molecule has 0 radical (unpaired) electrons. The number of amides is 3. The zero-order valence-corrected chi connectivity index (χ0v) is 13.9. The van der Waals surface area contributed by atoms with Crippen molar-refractivity contribution < 1.29 is 19.5 Å². The average molecular weight is 333 g/mol. The maximum Gasteiger partial charge on any atom is 0.312 e. The summed E-state index contributed by atoms with van der Waals surface area (Å²) >= 11 is 0. The van der Waals surface area contributed by atoms with Crippen molar-refractivity contribution in [3.8, 4) is 0 Å². The lowest BCUT2D eigenvalue weighted by Crippen LogP contribution is -2.39. The molecule has 24 heavy (non-hydrogen) atoms. The van der Waals surface area contributed by atoms with Crippen molar-refractivity contribution in [2.45, 2.75) is 32.7 Å². The summed E-state index contributed by atoms with van der Waals surface area (Å²) in [5.41, 5.74) is 6.10. The van der Waals surface area contributed by atoms with Gasteiger partial charge in [0.25, 0.3) is 0 Å². The van der Waals surface area contributed by atoms with Gasteiger partial charge in [-0.3, -0.25) is 9.59 Å². The molecule has 2 unspecified atom stereocenters. The molecule has 0 aromatic heterocycles. The van der Waals surface area contributed by atoms with Crippen molar-refractivity contribution in [1.29, 1.82) is 0 Å². The highest BCUT2D eigenvalue weighted by Gasteiger charge is 2.42. The number of carbonyl (C=O) groups is 3. The standard InChI is InChI=1S/C17H23N3O4/c1-11-5-3-4-6-12(11)13(19-16(18)24)9-14(21)20-8-7-17(2,10-20)15(22)23/h3-6,13H,7-10H2,1-2H3,(H,22,23)(H3,18,19,24). The molecule has 2 atom stereocenters. The molecular formula is C17H23N3O4. The summed E-state index contributed by atoms with van der Waals surface area (Å²) in [6, 6.07) is 6.21. The number of rotatable bonds is 5. The Morgan fingerprint density at radius 3 is 2.58 bits per heavy atom. The van der Waals surface area contributed by atoms with Crippen LogP contribution in [0.1, 0.15) is 36.9 Å². The van der Waals surface area contributed by atoms with Crippen LogP contribution in [0.2, 0.25) is 0 Å². The van der Waals surface area contributed by atoms with E-state index in [-0.39, 0.29) is 18.9 Å². The molecule has 4 N–H and O–H groups in total. The minimum Gasteiger partial charge on any atom is -0.481 e. The van der Waals surface area contributed by atoms with E-state index in [0.29, 0.717) is 13.0 Å². The van der Waals surface area contributed by atoms with Crippen LogP contribution in [-0.2, 0) is 9.59 Å². The highest BCUT2D eigenvalue weighted by Crippen LogP contribution is 2.31. The Hall–Kier alpha value is -2.57. The first-order chi connectivity index (χ1) is 11.2. The highest BCUT2D eigenvalue weighted by atomic mass is 16.4. The zero-order chi connectivity index (χ0) is 17.9. The van der Waals surface area contributed by atoms with Gasteiger partial charge in [0, 0.05) is 13.1 Å². The number of nitrogens with two attached hydrogens (primary N) is 1. The normalized spacial score (nSPS) is 21.3. The van der Waals surface area contributed by atoms with E-state index >= 15 is 0 Å². The summed E-state index contributed by atoms with van der Waals surface area (Å²) in [6.07, 6.45) is 0.468. The lowest BCUT2D eigenvalue weighted by atomic mass is 9.90. The van der Waals surface area contributed by atoms with Gasteiger partial charge in [-0.25, -0.2) is 4.79 Å². The van der Waals surface area contributed by atoms with E-state index in [1.165, 1.54) is 0 Å². The predicted octanol–water partition coefficient (Wildman–Crippen LogP) is 1.42. The number of likely N-dealkylation sites (tertiary alicyclic amines) is 1. The molecule has 2 rings (SSSR count). The van der Waals surface area contributed by atoms with Crippen molar-refractivity contribution in [3.05, 3.63) is 35.4 Å². The van der Waals surface area contributed by atoms with Gasteiger partial charge in [-0.15, -0.1) is 0 Å². The fourth-order valence-electron chi connectivity index (χ4n) is 3.04. The van der Waals surface area contributed by atoms with Crippen molar-refractivity contribution >= 4 is 17.9 Å². The van der Waals surface area contributed by atoms with Gasteiger partial charge in [-0.2, -0.15) is 0 Å². The van der Waals surface area contributed by atoms with Crippen molar-refractivity contribution in [2.75, 3.05) is 13.1 Å². The Bertz CT molecular complexity index is 661. The molecule has 1 aromatic rings. The number of aryl methyl sites for hydroxylation is 1. The fraction of sp³-hybridized carbons (Fsp3) is 0.471. The summed E-state index contributed by atoms with van der Waals surface area (Å²) in [6.45, 7) is 4.12. The Morgan fingerprint density at radius 2 is 2.04 bits per heavy atom. The van der Waals surface area contributed by atoms with E-state index in [9.17, 15) is 19.5 Å². The molecule has 1 aliphatic rings. The number of nitrogens with one attached hydrogen (secondary N) is 1. The van der Waals surface area contributed by atoms with Gasteiger partial charge in [0.05, 0.1) is 17.9 Å². The van der Waals surface area contributed by atoms with E-state index in [1.54, 1.807) is 11.8 Å². The van der Waals surface area contributed by atoms with Gasteiger partial charge >= 0.3 is 12.0 Å². The summed E-state index contributed by atoms with van der Waals surface area (Å²) in [5.74, 6) is -1.09. The third kappa shape index (κ3) is 3.84. The molecule has 7 nitrogen and oxygen atoms in total. The molecule has 0 bridgehead atoms. The predicted molar refractivity (Wildman–Crippen MR) is 88.2 cm³/mol. The molecule has 3 amide bonds. The van der Waals surface area contributed by atoms with E-state index in [4.69, 9.17) is 5.73 Å². The molecular weight excluding hydrogens is 310 g/mol. The molecule has 0 spiro atoms. The van der Waals surface area contributed by atoms with Gasteiger partial charge in [-0.05, 0) is 31.4 Å².